The fourth-order valence-corrected chi connectivity index (χ4v) is 9.92. The maximum absolute atomic E-state index is 13.9. The van der Waals surface area contributed by atoms with Crippen molar-refractivity contribution < 1.29 is 18.8 Å². The lowest BCUT2D eigenvalue weighted by Crippen LogP contribution is -2.49. The van der Waals surface area contributed by atoms with Crippen LogP contribution in [0.4, 0.5) is 5.69 Å². The number of carbonyl (C=O) groups excluding carboxylic acids is 1. The second kappa shape index (κ2) is 11.1. The molecule has 1 spiro atoms. The molecule has 6 nitrogen and oxygen atoms in total. The monoisotopic (exact) mass is 622 g/mol. The molecule has 2 N–H and O–H groups in total. The molecule has 1 amide bonds. The van der Waals surface area contributed by atoms with Gasteiger partial charge in [0.25, 0.3) is 5.91 Å². The second-order valence-electron chi connectivity index (χ2n) is 13.8. The molecule has 2 aliphatic heterocycles. The predicted octanol–water partition coefficient (Wildman–Crippen LogP) is 5.94. The van der Waals surface area contributed by atoms with Crippen molar-refractivity contribution in [3.8, 4) is 5.75 Å². The first-order valence-electron chi connectivity index (χ1n) is 16.0. The first-order valence-corrected chi connectivity index (χ1v) is 18.1. The van der Waals surface area contributed by atoms with Crippen molar-refractivity contribution in [2.45, 2.75) is 75.1 Å². The molecule has 0 aromatic heterocycles. The van der Waals surface area contributed by atoms with Crippen molar-refractivity contribution in [3.05, 3.63) is 70.3 Å². The molecule has 3 aliphatic carbocycles. The van der Waals surface area contributed by atoms with E-state index in [0.717, 1.165) is 80.9 Å². The molecule has 7 atom stereocenters. The Morgan fingerprint density at radius 1 is 1.12 bits per heavy atom. The van der Waals surface area contributed by atoms with Crippen molar-refractivity contribution >= 4 is 38.8 Å². The van der Waals surface area contributed by atoms with Crippen LogP contribution in [0.1, 0.15) is 73.4 Å². The average molecular weight is 623 g/mol. The Hall–Kier alpha value is -2.48. The van der Waals surface area contributed by atoms with E-state index in [-0.39, 0.29) is 28.4 Å². The zero-order chi connectivity index (χ0) is 29.9. The lowest BCUT2D eigenvalue weighted by atomic mass is 9.68. The number of amides is 1. The number of rotatable bonds is 1. The third kappa shape index (κ3) is 5.51. The van der Waals surface area contributed by atoms with Crippen molar-refractivity contribution in [1.29, 1.82) is 0 Å². The van der Waals surface area contributed by atoms with E-state index >= 15 is 0 Å². The van der Waals surface area contributed by atoms with Gasteiger partial charge in [-0.05, 0) is 129 Å². The Kier molecular flexibility index (Phi) is 7.58. The summed E-state index contributed by atoms with van der Waals surface area (Å²) >= 11 is 6.41. The van der Waals surface area contributed by atoms with Gasteiger partial charge in [0.2, 0.25) is 0 Å². The van der Waals surface area contributed by atoms with Crippen LogP contribution in [0.25, 0.3) is 0 Å². The van der Waals surface area contributed by atoms with Gasteiger partial charge >= 0.3 is 0 Å². The molecule has 43 heavy (non-hydrogen) atoms. The van der Waals surface area contributed by atoms with Crippen molar-refractivity contribution in [3.63, 3.8) is 0 Å². The highest BCUT2D eigenvalue weighted by molar-refractivity contribution is 7.99. The number of hydrogen-bond acceptors (Lipinski definition) is 5. The van der Waals surface area contributed by atoms with Gasteiger partial charge < -0.3 is 14.7 Å². The molecule has 2 aromatic rings. The highest BCUT2D eigenvalue weighted by atomic mass is 35.5. The summed E-state index contributed by atoms with van der Waals surface area (Å²) in [7, 11) is -2.92. The molecule has 7 rings (SSSR count). The molecule has 0 radical (unpaired) electrons. The molecule has 8 heteroatoms. The van der Waals surface area contributed by atoms with E-state index in [4.69, 9.17) is 16.3 Å². The Morgan fingerprint density at radius 3 is 2.70 bits per heavy atom. The van der Waals surface area contributed by atoms with Gasteiger partial charge in [-0.25, -0.2) is 4.21 Å². The zero-order valence-electron chi connectivity index (χ0n) is 25.0. The summed E-state index contributed by atoms with van der Waals surface area (Å²) in [5.74, 6) is 5.59. The molecule has 0 saturated heterocycles. The van der Waals surface area contributed by atoms with Gasteiger partial charge in [-0.15, -0.1) is 0 Å². The van der Waals surface area contributed by atoms with Crippen LogP contribution in [-0.2, 0) is 21.5 Å². The number of allylic oxidation sites excluding steroid dienone is 1. The lowest BCUT2D eigenvalue weighted by molar-refractivity contribution is 0.0455. The minimum atomic E-state index is -2.92. The molecular formula is C35H43ClN2O4S. The van der Waals surface area contributed by atoms with Crippen LogP contribution in [-0.4, -0.2) is 52.1 Å². The summed E-state index contributed by atoms with van der Waals surface area (Å²) in [5, 5.41) is 11.8. The molecular weight excluding hydrogens is 580 g/mol. The standard InChI is InChI=1S/C35H43ClN2O4S/c1-22-28(23-8-9-23)6-3-7-32(39)29-13-10-26(29)19-38-20-35(16-4-5-24-17-27(36)12-14-30(24)35)21-42-33-15-11-25(18-31(33)38)34(40)37-43(22,2)41/h3,7,11-12,14-15,17-18,22-23,26,28-29,32,39H,2,4-6,8-10,13,16,19-21H2,1H3,(H,37,40,41)/b7-3+/t22-,26-,28+,29+,32-,35-,43?/m0/s1. The SMILES string of the molecule is C=S1(=O)NC(=O)c2ccc3c(c2)N(C[C@@H]2CC[C@H]2[C@@H](O)/C=C/C[C@@H](C2CC2)[C@@H]1C)C[C@@]1(CCCc2cc(Cl)ccc21)CO3. The summed E-state index contributed by atoms with van der Waals surface area (Å²) in [6.07, 6.45) is 11.6. The van der Waals surface area contributed by atoms with E-state index in [1.807, 2.05) is 31.2 Å². The Balaban J connectivity index is 1.28. The summed E-state index contributed by atoms with van der Waals surface area (Å²) in [4.78, 5) is 16.0. The molecule has 230 valence electrons. The average Bonchev–Trinajstić information content (AvgIpc) is 3.81. The number of carbonyl (C=O) groups is 1. The van der Waals surface area contributed by atoms with E-state index in [0.29, 0.717) is 24.0 Å². The first-order chi connectivity index (χ1) is 20.6. The smallest absolute Gasteiger partial charge is 0.262 e. The van der Waals surface area contributed by atoms with Gasteiger partial charge in [-0.1, -0.05) is 29.8 Å². The van der Waals surface area contributed by atoms with Crippen LogP contribution in [0.5, 0.6) is 5.75 Å². The third-order valence-electron chi connectivity index (χ3n) is 11.1. The number of benzene rings is 2. The van der Waals surface area contributed by atoms with Crippen LogP contribution in [0, 0.1) is 23.7 Å². The molecule has 2 saturated carbocycles. The largest absolute Gasteiger partial charge is 0.490 e. The zero-order valence-corrected chi connectivity index (χ0v) is 26.5. The summed E-state index contributed by atoms with van der Waals surface area (Å²) < 4.78 is 23.3. The predicted molar refractivity (Wildman–Crippen MR) is 175 cm³/mol. The van der Waals surface area contributed by atoms with E-state index in [9.17, 15) is 14.1 Å². The molecule has 2 bridgehead atoms. The highest BCUT2D eigenvalue weighted by Gasteiger charge is 2.44. The quantitative estimate of drug-likeness (QED) is 0.304. The van der Waals surface area contributed by atoms with Crippen molar-refractivity contribution in [1.82, 2.24) is 4.72 Å². The fraction of sp³-hybridized carbons (Fsp3) is 0.543. The number of anilines is 1. The fourth-order valence-electron chi connectivity index (χ4n) is 8.21. The van der Waals surface area contributed by atoms with Gasteiger partial charge in [0.15, 0.2) is 0 Å². The summed E-state index contributed by atoms with van der Waals surface area (Å²) in [5.41, 5.74) is 3.71. The van der Waals surface area contributed by atoms with Gasteiger partial charge in [0.05, 0.1) is 28.1 Å². The van der Waals surface area contributed by atoms with E-state index < -0.39 is 15.8 Å². The number of halogens is 1. The number of aliphatic hydroxyl groups is 1. The normalized spacial score (nSPS) is 36.8. The highest BCUT2D eigenvalue weighted by Crippen LogP contribution is 2.47. The maximum atomic E-state index is 13.9. The minimum Gasteiger partial charge on any atom is -0.490 e. The number of ether oxygens (including phenoxy) is 1. The molecule has 2 heterocycles. The van der Waals surface area contributed by atoms with E-state index in [1.165, 1.54) is 11.1 Å². The summed E-state index contributed by atoms with van der Waals surface area (Å²) in [6.45, 7) is 4.02. The number of fused-ring (bicyclic) bond motifs is 4. The van der Waals surface area contributed by atoms with Gasteiger partial charge in [-0.2, -0.15) is 0 Å². The maximum Gasteiger partial charge on any atom is 0.262 e. The van der Waals surface area contributed by atoms with Crippen LogP contribution in [0.15, 0.2) is 48.6 Å². The molecule has 2 aromatic carbocycles. The van der Waals surface area contributed by atoms with Gasteiger partial charge in [0.1, 0.15) is 5.75 Å². The van der Waals surface area contributed by atoms with Crippen LogP contribution >= 0.6 is 11.6 Å². The van der Waals surface area contributed by atoms with Crippen molar-refractivity contribution in [2.75, 3.05) is 24.6 Å². The van der Waals surface area contributed by atoms with Crippen molar-refractivity contribution in [2.24, 2.45) is 23.7 Å². The van der Waals surface area contributed by atoms with Crippen LogP contribution in [0.2, 0.25) is 5.02 Å². The Morgan fingerprint density at radius 2 is 1.93 bits per heavy atom. The molecule has 5 aliphatic rings. The minimum absolute atomic E-state index is 0.152. The number of nitrogens with zero attached hydrogens (tertiary/aromatic N) is 1. The lowest BCUT2D eigenvalue weighted by Gasteiger charge is -2.45. The van der Waals surface area contributed by atoms with Crippen LogP contribution < -0.4 is 14.4 Å². The van der Waals surface area contributed by atoms with Gasteiger partial charge in [0, 0.05) is 34.3 Å². The second-order valence-corrected chi connectivity index (χ2v) is 16.6. The first kappa shape index (κ1) is 29.2. The third-order valence-corrected chi connectivity index (χ3v) is 13.4. The van der Waals surface area contributed by atoms with Crippen LogP contribution in [0.3, 0.4) is 0 Å². The Bertz CT molecular complexity index is 1550. The number of aliphatic hydroxyl groups excluding tert-OH is 1. The van der Waals surface area contributed by atoms with Gasteiger partial charge in [-0.3, -0.25) is 9.52 Å². The topological polar surface area (TPSA) is 78.9 Å². The van der Waals surface area contributed by atoms with E-state index in [1.54, 1.807) is 6.07 Å². The molecule has 2 fully saturated rings. The number of hydrogen-bond donors (Lipinski definition) is 2. The Labute approximate surface area is 261 Å². The van der Waals surface area contributed by atoms with E-state index in [2.05, 4.69) is 33.7 Å². The molecule has 1 unspecified atom stereocenters. The summed E-state index contributed by atoms with van der Waals surface area (Å²) in [6, 6.07) is 11.8. The number of aryl methyl sites for hydroxylation is 1. The number of nitrogens with one attached hydrogen (secondary N) is 1.